The summed E-state index contributed by atoms with van der Waals surface area (Å²) in [4.78, 5) is 10.5. The predicted molar refractivity (Wildman–Crippen MR) is 67.1 cm³/mol. The summed E-state index contributed by atoms with van der Waals surface area (Å²) in [6, 6.07) is 7.61. The fourth-order valence-electron chi connectivity index (χ4n) is 2.44. The molecule has 1 aromatic carbocycles. The maximum atomic E-state index is 10.8. The Balaban J connectivity index is 1.87. The molecule has 2 rings (SSSR count). The maximum absolute atomic E-state index is 10.8. The zero-order valence-electron chi connectivity index (χ0n) is 9.89. The molecule has 0 aromatic heterocycles. The number of nitrogens with one attached hydrogen (secondary N) is 1. The molecule has 0 saturated heterocycles. The molecule has 0 aliphatic heterocycles. The van der Waals surface area contributed by atoms with Gasteiger partial charge in [-0.05, 0) is 25.8 Å². The van der Waals surface area contributed by atoms with E-state index in [1.54, 1.807) is 12.1 Å². The molecular weight excluding hydrogens is 216 g/mol. The van der Waals surface area contributed by atoms with Gasteiger partial charge < -0.3 is 5.32 Å². The van der Waals surface area contributed by atoms with Gasteiger partial charge in [0, 0.05) is 17.7 Å². The summed E-state index contributed by atoms with van der Waals surface area (Å²) in [5.41, 5.74) is 1.06. The van der Waals surface area contributed by atoms with Gasteiger partial charge in [0.05, 0.1) is 4.92 Å². The monoisotopic (exact) mass is 234 g/mol. The highest BCUT2D eigenvalue weighted by Crippen LogP contribution is 2.19. The van der Waals surface area contributed by atoms with Crippen molar-refractivity contribution in [2.75, 3.05) is 6.54 Å². The van der Waals surface area contributed by atoms with Crippen LogP contribution >= 0.6 is 0 Å². The molecule has 4 heteroatoms. The van der Waals surface area contributed by atoms with E-state index in [1.807, 2.05) is 12.1 Å². The lowest BCUT2D eigenvalue weighted by molar-refractivity contribution is -0.385. The highest BCUT2D eigenvalue weighted by Gasteiger charge is 2.15. The van der Waals surface area contributed by atoms with Gasteiger partial charge >= 0.3 is 0 Å². The van der Waals surface area contributed by atoms with Crippen LogP contribution in [0.5, 0.6) is 0 Å². The molecule has 0 unspecified atom stereocenters. The third-order valence-electron chi connectivity index (χ3n) is 3.37. The Kier molecular flexibility index (Phi) is 4.09. The van der Waals surface area contributed by atoms with Crippen molar-refractivity contribution in [2.24, 2.45) is 0 Å². The lowest BCUT2D eigenvalue weighted by Crippen LogP contribution is -2.28. The average Bonchev–Trinajstić information content (AvgIpc) is 2.82. The standard InChI is InChI=1S/C13H18N2O2/c16-15(17)13-8-4-1-5-11(13)9-10-14-12-6-2-3-7-12/h1,4-5,8,12,14H,2-3,6-7,9-10H2. The fourth-order valence-corrected chi connectivity index (χ4v) is 2.44. The molecule has 1 fully saturated rings. The first-order chi connectivity index (χ1) is 8.27. The number of hydrogen-bond donors (Lipinski definition) is 1. The Morgan fingerprint density at radius 2 is 2.00 bits per heavy atom. The van der Waals surface area contributed by atoms with Gasteiger partial charge in [-0.25, -0.2) is 0 Å². The Morgan fingerprint density at radius 3 is 2.71 bits per heavy atom. The van der Waals surface area contributed by atoms with Crippen LogP contribution in [0, 0.1) is 10.1 Å². The van der Waals surface area contributed by atoms with Gasteiger partial charge in [-0.3, -0.25) is 10.1 Å². The zero-order valence-corrected chi connectivity index (χ0v) is 9.89. The molecule has 0 amide bonds. The molecule has 0 bridgehead atoms. The van der Waals surface area contributed by atoms with Gasteiger partial charge in [-0.1, -0.05) is 31.0 Å². The number of benzene rings is 1. The molecule has 1 aliphatic carbocycles. The number of nitrogens with zero attached hydrogens (tertiary/aromatic N) is 1. The second kappa shape index (κ2) is 5.77. The molecule has 4 nitrogen and oxygen atoms in total. The molecule has 17 heavy (non-hydrogen) atoms. The smallest absolute Gasteiger partial charge is 0.272 e. The van der Waals surface area contributed by atoms with E-state index in [0.717, 1.165) is 18.5 Å². The van der Waals surface area contributed by atoms with Crippen LogP contribution in [0.3, 0.4) is 0 Å². The van der Waals surface area contributed by atoms with E-state index >= 15 is 0 Å². The minimum absolute atomic E-state index is 0.237. The third-order valence-corrected chi connectivity index (χ3v) is 3.37. The van der Waals surface area contributed by atoms with E-state index in [9.17, 15) is 10.1 Å². The molecular formula is C13H18N2O2. The van der Waals surface area contributed by atoms with Crippen LogP contribution in [-0.4, -0.2) is 17.5 Å². The predicted octanol–water partition coefficient (Wildman–Crippen LogP) is 2.67. The molecule has 0 atom stereocenters. The molecule has 0 radical (unpaired) electrons. The van der Waals surface area contributed by atoms with Crippen LogP contribution in [0.2, 0.25) is 0 Å². The number of para-hydroxylation sites is 1. The quantitative estimate of drug-likeness (QED) is 0.629. The lowest BCUT2D eigenvalue weighted by Gasteiger charge is -2.11. The van der Waals surface area contributed by atoms with Crippen molar-refractivity contribution in [1.29, 1.82) is 0 Å². The van der Waals surface area contributed by atoms with Gasteiger partial charge in [-0.2, -0.15) is 0 Å². The van der Waals surface area contributed by atoms with E-state index < -0.39 is 0 Å². The van der Waals surface area contributed by atoms with Gasteiger partial charge in [0.15, 0.2) is 0 Å². The first-order valence-corrected chi connectivity index (χ1v) is 6.23. The van der Waals surface area contributed by atoms with Crippen LogP contribution in [0.4, 0.5) is 5.69 Å². The van der Waals surface area contributed by atoms with E-state index in [1.165, 1.54) is 25.7 Å². The SMILES string of the molecule is O=[N+]([O-])c1ccccc1CCNC1CCCC1. The number of nitro groups is 1. The average molecular weight is 234 g/mol. The molecule has 1 aliphatic rings. The van der Waals surface area contributed by atoms with Crippen molar-refractivity contribution in [1.82, 2.24) is 5.32 Å². The maximum Gasteiger partial charge on any atom is 0.272 e. The van der Waals surface area contributed by atoms with Crippen molar-refractivity contribution in [3.8, 4) is 0 Å². The van der Waals surface area contributed by atoms with Crippen molar-refractivity contribution in [3.63, 3.8) is 0 Å². The number of rotatable bonds is 5. The highest BCUT2D eigenvalue weighted by atomic mass is 16.6. The molecule has 92 valence electrons. The van der Waals surface area contributed by atoms with Crippen molar-refractivity contribution < 1.29 is 4.92 Å². The third kappa shape index (κ3) is 3.27. The summed E-state index contributed by atoms with van der Waals surface area (Å²) >= 11 is 0. The second-order valence-corrected chi connectivity index (χ2v) is 4.57. The Morgan fingerprint density at radius 1 is 1.29 bits per heavy atom. The molecule has 0 heterocycles. The van der Waals surface area contributed by atoms with Gasteiger partial charge in [0.25, 0.3) is 5.69 Å². The molecule has 1 N–H and O–H groups in total. The summed E-state index contributed by atoms with van der Waals surface area (Å²) in [7, 11) is 0. The topological polar surface area (TPSA) is 55.2 Å². The molecule has 1 aromatic rings. The van der Waals surface area contributed by atoms with E-state index in [4.69, 9.17) is 0 Å². The van der Waals surface area contributed by atoms with Crippen LogP contribution in [0.15, 0.2) is 24.3 Å². The summed E-state index contributed by atoms with van der Waals surface area (Å²) in [5, 5.41) is 14.3. The van der Waals surface area contributed by atoms with Crippen molar-refractivity contribution >= 4 is 5.69 Å². The van der Waals surface area contributed by atoms with Crippen LogP contribution in [0.25, 0.3) is 0 Å². The number of nitro benzene ring substituents is 1. The Hall–Kier alpha value is -1.42. The van der Waals surface area contributed by atoms with Gasteiger partial charge in [0.2, 0.25) is 0 Å². The lowest BCUT2D eigenvalue weighted by atomic mass is 10.1. The first-order valence-electron chi connectivity index (χ1n) is 6.23. The second-order valence-electron chi connectivity index (χ2n) is 4.57. The minimum atomic E-state index is -0.301. The molecule has 0 spiro atoms. The number of hydrogen-bond acceptors (Lipinski definition) is 3. The Labute approximate surface area is 101 Å². The highest BCUT2D eigenvalue weighted by molar-refractivity contribution is 5.39. The van der Waals surface area contributed by atoms with Crippen molar-refractivity contribution in [2.45, 2.75) is 38.1 Å². The Bertz CT molecular complexity index is 387. The van der Waals surface area contributed by atoms with Gasteiger partial charge in [-0.15, -0.1) is 0 Å². The summed E-state index contributed by atoms with van der Waals surface area (Å²) in [5.74, 6) is 0. The van der Waals surface area contributed by atoms with Crippen molar-refractivity contribution in [3.05, 3.63) is 39.9 Å². The summed E-state index contributed by atoms with van der Waals surface area (Å²) < 4.78 is 0. The van der Waals surface area contributed by atoms with E-state index in [0.29, 0.717) is 6.04 Å². The molecule has 1 saturated carbocycles. The van der Waals surface area contributed by atoms with Crippen LogP contribution in [0.1, 0.15) is 31.2 Å². The summed E-state index contributed by atoms with van der Waals surface area (Å²) in [6.45, 7) is 0.829. The van der Waals surface area contributed by atoms with Crippen LogP contribution in [-0.2, 0) is 6.42 Å². The fraction of sp³-hybridized carbons (Fsp3) is 0.538. The van der Waals surface area contributed by atoms with E-state index in [-0.39, 0.29) is 10.6 Å². The largest absolute Gasteiger partial charge is 0.314 e. The first kappa shape index (κ1) is 12.0. The zero-order chi connectivity index (χ0) is 12.1. The normalized spacial score (nSPS) is 16.2. The minimum Gasteiger partial charge on any atom is -0.314 e. The summed E-state index contributed by atoms with van der Waals surface area (Å²) in [6.07, 6.45) is 5.84. The van der Waals surface area contributed by atoms with E-state index in [2.05, 4.69) is 5.32 Å². The van der Waals surface area contributed by atoms with Gasteiger partial charge in [0.1, 0.15) is 0 Å². The van der Waals surface area contributed by atoms with Crippen LogP contribution < -0.4 is 5.32 Å².